The first-order valence-electron chi connectivity index (χ1n) is 8.95. The van der Waals surface area contributed by atoms with Gasteiger partial charge in [0.05, 0.1) is 10.2 Å². The van der Waals surface area contributed by atoms with E-state index in [2.05, 4.69) is 30.9 Å². The number of hydrogen-bond acceptors (Lipinski definition) is 4. The summed E-state index contributed by atoms with van der Waals surface area (Å²) >= 11 is 7.66. The molecule has 4 nitrogen and oxygen atoms in total. The molecule has 3 rings (SSSR count). The third-order valence-electron chi connectivity index (χ3n) is 4.61. The molecule has 27 heavy (non-hydrogen) atoms. The fourth-order valence-corrected chi connectivity index (χ4v) is 4.18. The Labute approximate surface area is 169 Å². The van der Waals surface area contributed by atoms with Crippen LogP contribution < -0.4 is 4.90 Å². The highest BCUT2D eigenvalue weighted by Crippen LogP contribution is 2.33. The third-order valence-corrected chi connectivity index (χ3v) is 5.89. The number of amides is 1. The Kier molecular flexibility index (Phi) is 6.15. The number of carbonyl (C=O) groups is 1. The smallest absolute Gasteiger partial charge is 0.260 e. The quantitative estimate of drug-likeness (QED) is 0.572. The Bertz CT molecular complexity index is 967. The normalized spacial score (nSPS) is 11.3. The monoisotopic (exact) mass is 401 g/mol. The zero-order chi connectivity index (χ0) is 19.6. The van der Waals surface area contributed by atoms with Gasteiger partial charge < -0.3 is 4.90 Å². The van der Waals surface area contributed by atoms with Crippen molar-refractivity contribution in [3.63, 3.8) is 0 Å². The standard InChI is InChI=1S/C21H24ClN3OS/c1-14-9-10-18-19(15(14)2)23-21(27-18)25(12-6-11-24(3)4)20(26)16-7-5-8-17(22)13-16/h5,7-10,13H,6,11-12H2,1-4H3. The van der Waals surface area contributed by atoms with E-state index < -0.39 is 0 Å². The van der Waals surface area contributed by atoms with Gasteiger partial charge in [0.1, 0.15) is 0 Å². The molecule has 142 valence electrons. The van der Waals surface area contributed by atoms with Crippen LogP contribution in [0, 0.1) is 13.8 Å². The number of aromatic nitrogens is 1. The van der Waals surface area contributed by atoms with Crippen molar-refractivity contribution in [3.8, 4) is 0 Å². The maximum absolute atomic E-state index is 13.2. The fourth-order valence-electron chi connectivity index (χ4n) is 2.94. The second-order valence-corrected chi connectivity index (χ2v) is 8.42. The first-order valence-corrected chi connectivity index (χ1v) is 10.1. The van der Waals surface area contributed by atoms with Crippen molar-refractivity contribution in [3.05, 3.63) is 58.1 Å². The summed E-state index contributed by atoms with van der Waals surface area (Å²) in [5.74, 6) is -0.0651. The summed E-state index contributed by atoms with van der Waals surface area (Å²) in [6.07, 6.45) is 0.868. The summed E-state index contributed by atoms with van der Waals surface area (Å²) in [5, 5.41) is 1.30. The van der Waals surface area contributed by atoms with Crippen molar-refractivity contribution in [2.75, 3.05) is 32.1 Å². The van der Waals surface area contributed by atoms with Crippen LogP contribution in [0.15, 0.2) is 36.4 Å². The topological polar surface area (TPSA) is 36.4 Å². The van der Waals surface area contributed by atoms with Gasteiger partial charge in [0.2, 0.25) is 0 Å². The molecule has 0 saturated carbocycles. The Hall–Kier alpha value is -1.95. The van der Waals surface area contributed by atoms with E-state index in [1.165, 1.54) is 11.1 Å². The van der Waals surface area contributed by atoms with Crippen molar-refractivity contribution in [1.82, 2.24) is 9.88 Å². The lowest BCUT2D eigenvalue weighted by atomic mass is 10.1. The highest BCUT2D eigenvalue weighted by atomic mass is 35.5. The fraction of sp³-hybridized carbons (Fsp3) is 0.333. The van der Waals surface area contributed by atoms with Gasteiger partial charge >= 0.3 is 0 Å². The summed E-state index contributed by atoms with van der Waals surface area (Å²) in [5.41, 5.74) is 3.93. The van der Waals surface area contributed by atoms with E-state index in [0.29, 0.717) is 17.1 Å². The maximum atomic E-state index is 13.2. The van der Waals surface area contributed by atoms with Gasteiger partial charge in [0.15, 0.2) is 5.13 Å². The highest BCUT2D eigenvalue weighted by Gasteiger charge is 2.22. The first kappa shape index (κ1) is 19.8. The van der Waals surface area contributed by atoms with E-state index >= 15 is 0 Å². The number of anilines is 1. The number of hydrogen-bond donors (Lipinski definition) is 0. The van der Waals surface area contributed by atoms with Crippen molar-refractivity contribution < 1.29 is 4.79 Å². The Balaban J connectivity index is 1.98. The molecule has 0 fully saturated rings. The van der Waals surface area contributed by atoms with Crippen LogP contribution in [0.3, 0.4) is 0 Å². The van der Waals surface area contributed by atoms with Crippen molar-refractivity contribution >= 4 is 44.2 Å². The van der Waals surface area contributed by atoms with Gasteiger partial charge in [-0.05, 0) is 76.3 Å². The summed E-state index contributed by atoms with van der Waals surface area (Å²) in [6, 6.07) is 11.3. The van der Waals surface area contributed by atoms with Gasteiger partial charge in [-0.25, -0.2) is 4.98 Å². The molecule has 0 saturated heterocycles. The molecule has 6 heteroatoms. The van der Waals surface area contributed by atoms with Crippen LogP contribution >= 0.6 is 22.9 Å². The van der Waals surface area contributed by atoms with E-state index in [9.17, 15) is 4.79 Å². The Morgan fingerprint density at radius 2 is 1.93 bits per heavy atom. The molecule has 3 aromatic rings. The zero-order valence-corrected chi connectivity index (χ0v) is 17.7. The van der Waals surface area contributed by atoms with Gasteiger partial charge in [-0.1, -0.05) is 35.1 Å². The molecule has 0 radical (unpaired) electrons. The molecular formula is C21H24ClN3OS. The van der Waals surface area contributed by atoms with E-state index in [0.717, 1.165) is 28.3 Å². The predicted octanol–water partition coefficient (Wildman–Crippen LogP) is 5.17. The van der Waals surface area contributed by atoms with Crippen LogP contribution in [0.25, 0.3) is 10.2 Å². The van der Waals surface area contributed by atoms with E-state index in [1.54, 1.807) is 40.5 Å². The molecule has 0 unspecified atom stereocenters. The lowest BCUT2D eigenvalue weighted by Crippen LogP contribution is -2.33. The van der Waals surface area contributed by atoms with E-state index in [1.807, 2.05) is 14.1 Å². The molecule has 0 atom stereocenters. The van der Waals surface area contributed by atoms with Gasteiger partial charge in [0.25, 0.3) is 5.91 Å². The molecule has 0 aliphatic heterocycles. The maximum Gasteiger partial charge on any atom is 0.260 e. The number of rotatable bonds is 6. The SMILES string of the molecule is Cc1ccc2sc(N(CCCN(C)C)C(=O)c3cccc(Cl)c3)nc2c1C. The lowest BCUT2D eigenvalue weighted by Gasteiger charge is -2.21. The minimum atomic E-state index is -0.0651. The third kappa shape index (κ3) is 4.49. The van der Waals surface area contributed by atoms with Gasteiger partial charge in [-0.2, -0.15) is 0 Å². The molecule has 0 N–H and O–H groups in total. The molecule has 0 spiro atoms. The highest BCUT2D eigenvalue weighted by molar-refractivity contribution is 7.22. The molecule has 0 bridgehead atoms. The predicted molar refractivity (Wildman–Crippen MR) is 115 cm³/mol. The van der Waals surface area contributed by atoms with Crippen molar-refractivity contribution in [1.29, 1.82) is 0 Å². The van der Waals surface area contributed by atoms with Crippen LogP contribution in [0.2, 0.25) is 5.02 Å². The largest absolute Gasteiger partial charge is 0.309 e. The molecular weight excluding hydrogens is 378 g/mol. The summed E-state index contributed by atoms with van der Waals surface area (Å²) in [4.78, 5) is 21.9. The van der Waals surface area contributed by atoms with Crippen molar-refractivity contribution in [2.24, 2.45) is 0 Å². The lowest BCUT2D eigenvalue weighted by molar-refractivity contribution is 0.0986. The van der Waals surface area contributed by atoms with E-state index in [4.69, 9.17) is 16.6 Å². The second-order valence-electron chi connectivity index (χ2n) is 6.97. The summed E-state index contributed by atoms with van der Waals surface area (Å²) in [7, 11) is 4.07. The van der Waals surface area contributed by atoms with Gasteiger partial charge in [0, 0.05) is 17.1 Å². The molecule has 1 amide bonds. The summed E-state index contributed by atoms with van der Waals surface area (Å²) < 4.78 is 1.10. The minimum absolute atomic E-state index is 0.0651. The number of benzene rings is 2. The van der Waals surface area contributed by atoms with Gasteiger partial charge in [-0.15, -0.1) is 0 Å². The van der Waals surface area contributed by atoms with Crippen LogP contribution in [-0.4, -0.2) is 43.0 Å². The van der Waals surface area contributed by atoms with Crippen LogP contribution in [0.4, 0.5) is 5.13 Å². The molecule has 0 aliphatic rings. The first-order chi connectivity index (χ1) is 12.9. The summed E-state index contributed by atoms with van der Waals surface area (Å²) in [6.45, 7) is 5.68. The molecule has 2 aromatic carbocycles. The average molecular weight is 402 g/mol. The molecule has 0 aliphatic carbocycles. The Morgan fingerprint density at radius 1 is 1.15 bits per heavy atom. The minimum Gasteiger partial charge on any atom is -0.309 e. The van der Waals surface area contributed by atoms with Gasteiger partial charge in [-0.3, -0.25) is 9.69 Å². The number of aryl methyl sites for hydroxylation is 2. The molecule has 1 aromatic heterocycles. The molecule has 1 heterocycles. The second kappa shape index (κ2) is 8.38. The van der Waals surface area contributed by atoms with Crippen LogP contribution in [-0.2, 0) is 0 Å². The average Bonchev–Trinajstić information content (AvgIpc) is 3.06. The zero-order valence-electron chi connectivity index (χ0n) is 16.1. The number of thiazole rings is 1. The number of nitrogens with zero attached hydrogens (tertiary/aromatic N) is 3. The number of fused-ring (bicyclic) bond motifs is 1. The van der Waals surface area contributed by atoms with Crippen LogP contribution in [0.1, 0.15) is 27.9 Å². The Morgan fingerprint density at radius 3 is 2.63 bits per heavy atom. The van der Waals surface area contributed by atoms with Crippen LogP contribution in [0.5, 0.6) is 0 Å². The van der Waals surface area contributed by atoms with E-state index in [-0.39, 0.29) is 5.91 Å². The number of halogens is 1. The number of carbonyl (C=O) groups excluding carboxylic acids is 1. The van der Waals surface area contributed by atoms with Crippen molar-refractivity contribution in [2.45, 2.75) is 20.3 Å².